The highest BCUT2D eigenvalue weighted by Crippen LogP contribution is 2.58. The molecule has 0 radical (unpaired) electrons. The van der Waals surface area contributed by atoms with Crippen molar-refractivity contribution in [1.82, 2.24) is 0 Å². The van der Waals surface area contributed by atoms with Gasteiger partial charge in [-0.2, -0.15) is 0 Å². The van der Waals surface area contributed by atoms with E-state index in [1.54, 1.807) is 0 Å². The maximum absolute atomic E-state index is 13.8. The van der Waals surface area contributed by atoms with Gasteiger partial charge in [0.25, 0.3) is 0 Å². The third-order valence-corrected chi connectivity index (χ3v) is 8.05. The highest BCUT2D eigenvalue weighted by atomic mass is 16.5. The highest BCUT2D eigenvalue weighted by Gasteiger charge is 2.62. The summed E-state index contributed by atoms with van der Waals surface area (Å²) in [6.07, 6.45) is 10.4. The number of ether oxygens (including phenoxy) is 2. The second-order valence-electron chi connectivity index (χ2n) is 10.0. The second-order valence-corrected chi connectivity index (χ2v) is 10.0. The number of carbonyl (C=O) groups is 2. The third kappa shape index (κ3) is 5.37. The molecule has 0 unspecified atom stereocenters. The number of benzene rings is 2. The van der Waals surface area contributed by atoms with E-state index in [4.69, 9.17) is 9.47 Å². The standard InChI is InChI=1S/C30H38O4/c31-27(33-23-17-25-13-5-1-6-14-25)29(19-9-3-10-20-29)30(21-11-4-12-22-30)28(32)34-24-18-26-15-7-2-8-16-26/h1-2,5-8,13-16H,3-4,9-12,17-24H2. The summed E-state index contributed by atoms with van der Waals surface area (Å²) in [6, 6.07) is 20.2. The zero-order chi connectivity index (χ0) is 23.7. The van der Waals surface area contributed by atoms with Crippen molar-refractivity contribution in [2.75, 3.05) is 13.2 Å². The summed E-state index contributed by atoms with van der Waals surface area (Å²) in [6.45, 7) is 0.702. The Morgan fingerprint density at radius 3 is 1.26 bits per heavy atom. The number of esters is 2. The summed E-state index contributed by atoms with van der Waals surface area (Å²) >= 11 is 0. The molecule has 4 rings (SSSR count). The molecule has 0 aromatic heterocycles. The topological polar surface area (TPSA) is 52.6 Å². The van der Waals surface area contributed by atoms with Gasteiger partial charge in [0.1, 0.15) is 0 Å². The van der Waals surface area contributed by atoms with E-state index < -0.39 is 10.8 Å². The smallest absolute Gasteiger partial charge is 0.313 e. The molecule has 0 aliphatic heterocycles. The molecule has 2 aliphatic rings. The van der Waals surface area contributed by atoms with Gasteiger partial charge in [0.2, 0.25) is 0 Å². The summed E-state index contributed by atoms with van der Waals surface area (Å²) in [5, 5.41) is 0. The molecule has 0 N–H and O–H groups in total. The molecule has 0 heterocycles. The predicted molar refractivity (Wildman–Crippen MR) is 133 cm³/mol. The lowest BCUT2D eigenvalue weighted by Crippen LogP contribution is -2.55. The Balaban J connectivity index is 1.49. The number of rotatable bonds is 9. The van der Waals surface area contributed by atoms with Crippen molar-refractivity contribution < 1.29 is 19.1 Å². The van der Waals surface area contributed by atoms with Gasteiger partial charge >= 0.3 is 11.9 Å². The molecule has 0 saturated heterocycles. The fraction of sp³-hybridized carbons (Fsp3) is 0.533. The van der Waals surface area contributed by atoms with E-state index in [0.29, 0.717) is 26.1 Å². The Morgan fingerprint density at radius 1 is 0.559 bits per heavy atom. The Hall–Kier alpha value is -2.62. The Kier molecular flexibility index (Phi) is 8.42. The van der Waals surface area contributed by atoms with Crippen LogP contribution in [-0.4, -0.2) is 25.2 Å². The number of hydrogen-bond donors (Lipinski definition) is 0. The molecule has 0 atom stereocenters. The molecule has 2 aromatic carbocycles. The van der Waals surface area contributed by atoms with Crippen molar-refractivity contribution in [3.05, 3.63) is 71.8 Å². The summed E-state index contributed by atoms with van der Waals surface area (Å²) < 4.78 is 11.9. The molecule has 4 nitrogen and oxygen atoms in total. The lowest BCUT2D eigenvalue weighted by atomic mass is 9.52. The van der Waals surface area contributed by atoms with Gasteiger partial charge < -0.3 is 9.47 Å². The van der Waals surface area contributed by atoms with Crippen LogP contribution in [0.5, 0.6) is 0 Å². The number of carbonyl (C=O) groups excluding carboxylic acids is 2. The van der Waals surface area contributed by atoms with E-state index in [-0.39, 0.29) is 11.9 Å². The first kappa shape index (κ1) is 24.5. The zero-order valence-corrected chi connectivity index (χ0v) is 20.3. The lowest BCUT2D eigenvalue weighted by Gasteiger charge is -2.50. The molecule has 4 heteroatoms. The van der Waals surface area contributed by atoms with Crippen LogP contribution in [0.3, 0.4) is 0 Å². The van der Waals surface area contributed by atoms with Crippen LogP contribution in [0.15, 0.2) is 60.7 Å². The molecule has 2 fully saturated rings. The van der Waals surface area contributed by atoms with Crippen LogP contribution in [0.25, 0.3) is 0 Å². The normalized spacial score (nSPS) is 19.2. The largest absolute Gasteiger partial charge is 0.465 e. The maximum Gasteiger partial charge on any atom is 0.313 e. The minimum absolute atomic E-state index is 0.176. The van der Waals surface area contributed by atoms with Crippen molar-refractivity contribution in [3.63, 3.8) is 0 Å². The Labute approximate surface area is 204 Å². The predicted octanol–water partition coefficient (Wildman–Crippen LogP) is 6.46. The molecule has 34 heavy (non-hydrogen) atoms. The van der Waals surface area contributed by atoms with Crippen LogP contribution in [0, 0.1) is 10.8 Å². The van der Waals surface area contributed by atoms with Crippen molar-refractivity contribution in [1.29, 1.82) is 0 Å². The van der Waals surface area contributed by atoms with E-state index in [9.17, 15) is 9.59 Å². The monoisotopic (exact) mass is 462 g/mol. The van der Waals surface area contributed by atoms with Crippen LogP contribution >= 0.6 is 0 Å². The van der Waals surface area contributed by atoms with E-state index in [1.165, 1.54) is 0 Å². The van der Waals surface area contributed by atoms with Crippen molar-refractivity contribution in [2.24, 2.45) is 10.8 Å². The average molecular weight is 463 g/mol. The highest BCUT2D eigenvalue weighted by molar-refractivity contribution is 5.89. The first-order valence-corrected chi connectivity index (χ1v) is 13.1. The van der Waals surface area contributed by atoms with Gasteiger partial charge in [-0.3, -0.25) is 9.59 Å². The Morgan fingerprint density at radius 2 is 0.912 bits per heavy atom. The zero-order valence-electron chi connectivity index (χ0n) is 20.3. The minimum atomic E-state index is -0.758. The van der Waals surface area contributed by atoms with Gasteiger partial charge in [-0.1, -0.05) is 99.2 Å². The maximum atomic E-state index is 13.8. The van der Waals surface area contributed by atoms with Crippen molar-refractivity contribution in [3.8, 4) is 0 Å². The molecule has 0 bridgehead atoms. The van der Waals surface area contributed by atoms with E-state index >= 15 is 0 Å². The first-order chi connectivity index (χ1) is 16.7. The van der Waals surface area contributed by atoms with Crippen LogP contribution in [0.2, 0.25) is 0 Å². The molecule has 2 aliphatic carbocycles. The van der Waals surface area contributed by atoms with Gasteiger partial charge in [0.15, 0.2) is 0 Å². The summed E-state index contributed by atoms with van der Waals surface area (Å²) in [4.78, 5) is 27.6. The van der Waals surface area contributed by atoms with Crippen LogP contribution in [0.1, 0.15) is 75.3 Å². The van der Waals surface area contributed by atoms with Crippen molar-refractivity contribution in [2.45, 2.75) is 77.0 Å². The molecular weight excluding hydrogens is 424 g/mol. The van der Waals surface area contributed by atoms with Gasteiger partial charge in [-0.25, -0.2) is 0 Å². The van der Waals surface area contributed by atoms with Gasteiger partial charge in [0, 0.05) is 12.8 Å². The summed E-state index contributed by atoms with van der Waals surface area (Å²) in [7, 11) is 0. The quantitative estimate of drug-likeness (QED) is 0.401. The molecule has 0 amide bonds. The average Bonchev–Trinajstić information content (AvgIpc) is 2.90. The minimum Gasteiger partial charge on any atom is -0.465 e. The SMILES string of the molecule is O=C(OCCc1ccccc1)C1(C2(C(=O)OCCc3ccccc3)CCCCC2)CCCCC1. The van der Waals surface area contributed by atoms with Crippen LogP contribution in [-0.2, 0) is 31.9 Å². The molecule has 2 saturated carbocycles. The van der Waals surface area contributed by atoms with Crippen molar-refractivity contribution >= 4 is 11.9 Å². The summed E-state index contributed by atoms with van der Waals surface area (Å²) in [5.41, 5.74) is 0.791. The van der Waals surface area contributed by atoms with Gasteiger partial charge in [-0.05, 0) is 36.8 Å². The fourth-order valence-corrected chi connectivity index (χ4v) is 6.16. The van der Waals surface area contributed by atoms with E-state index in [0.717, 1.165) is 75.3 Å². The third-order valence-electron chi connectivity index (χ3n) is 8.05. The summed E-state index contributed by atoms with van der Waals surface area (Å²) in [5.74, 6) is -0.352. The number of hydrogen-bond acceptors (Lipinski definition) is 4. The Bertz CT molecular complexity index is 832. The molecular formula is C30H38O4. The second kappa shape index (κ2) is 11.7. The van der Waals surface area contributed by atoms with Gasteiger partial charge in [0.05, 0.1) is 24.0 Å². The molecule has 182 valence electrons. The van der Waals surface area contributed by atoms with E-state index in [2.05, 4.69) is 24.3 Å². The molecule has 2 aromatic rings. The fourth-order valence-electron chi connectivity index (χ4n) is 6.16. The van der Waals surface area contributed by atoms with Crippen LogP contribution < -0.4 is 0 Å². The molecule has 0 spiro atoms. The van der Waals surface area contributed by atoms with Gasteiger partial charge in [-0.15, -0.1) is 0 Å². The van der Waals surface area contributed by atoms with E-state index in [1.807, 2.05) is 36.4 Å². The first-order valence-electron chi connectivity index (χ1n) is 13.1. The van der Waals surface area contributed by atoms with Crippen LogP contribution in [0.4, 0.5) is 0 Å². The lowest BCUT2D eigenvalue weighted by molar-refractivity contribution is -0.189.